The topological polar surface area (TPSA) is 96.3 Å². The van der Waals surface area contributed by atoms with Crippen LogP contribution in [0.15, 0.2) is 42.5 Å². The van der Waals surface area contributed by atoms with E-state index in [1.54, 1.807) is 12.1 Å². The maximum atomic E-state index is 13.6. The number of halogens is 1. The van der Waals surface area contributed by atoms with Gasteiger partial charge in [0, 0.05) is 43.1 Å². The average Bonchev–Trinajstić information content (AvgIpc) is 3.52. The van der Waals surface area contributed by atoms with Crippen molar-refractivity contribution in [1.29, 1.82) is 0 Å². The summed E-state index contributed by atoms with van der Waals surface area (Å²) in [6.45, 7) is 2.81. The molecule has 3 N–H and O–H groups in total. The number of nitrogens with one attached hydrogen (secondary N) is 1. The number of piperazine rings is 1. The molecule has 0 saturated carbocycles. The van der Waals surface area contributed by atoms with E-state index in [2.05, 4.69) is 10.2 Å². The van der Waals surface area contributed by atoms with Crippen molar-refractivity contribution in [3.8, 4) is 11.5 Å². The lowest BCUT2D eigenvalue weighted by molar-refractivity contribution is -0.133. The molecule has 3 saturated heterocycles. The summed E-state index contributed by atoms with van der Waals surface area (Å²) in [4.78, 5) is 31.7. The van der Waals surface area contributed by atoms with Crippen molar-refractivity contribution in [3.63, 3.8) is 0 Å². The molecule has 3 aliphatic rings. The van der Waals surface area contributed by atoms with Crippen molar-refractivity contribution in [2.45, 2.75) is 24.9 Å². The summed E-state index contributed by atoms with van der Waals surface area (Å²) in [5.74, 6) is -1.12. The second kappa shape index (κ2) is 8.55. The van der Waals surface area contributed by atoms with Crippen molar-refractivity contribution in [2.75, 3.05) is 42.9 Å². The highest BCUT2D eigenvalue weighted by Crippen LogP contribution is 2.35. The van der Waals surface area contributed by atoms with Crippen LogP contribution in [0, 0.1) is 11.7 Å². The van der Waals surface area contributed by atoms with Crippen LogP contribution < -0.4 is 10.2 Å². The number of rotatable bonds is 5. The van der Waals surface area contributed by atoms with Crippen LogP contribution in [0.4, 0.5) is 15.8 Å². The number of hydrogen-bond donors (Lipinski definition) is 3. The lowest BCUT2D eigenvalue weighted by Gasteiger charge is -2.36. The minimum absolute atomic E-state index is 0.0749. The van der Waals surface area contributed by atoms with Crippen molar-refractivity contribution in [3.05, 3.63) is 48.3 Å². The lowest BCUT2D eigenvalue weighted by atomic mass is 10.1. The first-order valence-corrected chi connectivity index (χ1v) is 11.2. The molecule has 2 bridgehead atoms. The number of likely N-dealkylation sites (tertiary alicyclic amines) is 2. The molecule has 2 aromatic rings. The van der Waals surface area contributed by atoms with E-state index in [4.69, 9.17) is 0 Å². The Morgan fingerprint density at radius 2 is 1.88 bits per heavy atom. The van der Waals surface area contributed by atoms with E-state index in [0.29, 0.717) is 38.3 Å². The highest BCUT2D eigenvalue weighted by Gasteiger charge is 2.45. The van der Waals surface area contributed by atoms with E-state index in [-0.39, 0.29) is 53.7 Å². The van der Waals surface area contributed by atoms with E-state index in [9.17, 15) is 24.2 Å². The number of benzene rings is 2. The highest BCUT2D eigenvalue weighted by atomic mass is 19.1. The first-order chi connectivity index (χ1) is 15.9. The van der Waals surface area contributed by atoms with Gasteiger partial charge >= 0.3 is 0 Å². The number of phenols is 2. The van der Waals surface area contributed by atoms with Crippen LogP contribution in [0.3, 0.4) is 0 Å². The SMILES string of the molecule is O=C(Nc1ccc(O)c(O)c1)[C@@H]1CCN(CC(=O)N2C[C@@H]3C[C@H]2CN3c2cccc(F)c2)C1. The molecule has 5 rings (SSSR count). The van der Waals surface area contributed by atoms with Gasteiger partial charge in [-0.2, -0.15) is 0 Å². The Morgan fingerprint density at radius 1 is 1.03 bits per heavy atom. The average molecular weight is 455 g/mol. The number of fused-ring (bicyclic) bond motifs is 2. The second-order valence-corrected chi connectivity index (χ2v) is 9.14. The molecule has 3 heterocycles. The maximum Gasteiger partial charge on any atom is 0.237 e. The Hall–Kier alpha value is -3.33. The van der Waals surface area contributed by atoms with Gasteiger partial charge in [-0.3, -0.25) is 14.5 Å². The zero-order valence-electron chi connectivity index (χ0n) is 18.2. The molecule has 0 aliphatic carbocycles. The molecule has 2 aromatic carbocycles. The molecule has 2 amide bonds. The maximum absolute atomic E-state index is 13.6. The molecule has 3 fully saturated rings. The highest BCUT2D eigenvalue weighted by molar-refractivity contribution is 5.93. The molecule has 174 valence electrons. The predicted molar refractivity (Wildman–Crippen MR) is 121 cm³/mol. The Balaban J connectivity index is 1.12. The normalized spacial score (nSPS) is 24.5. The first kappa shape index (κ1) is 21.5. The summed E-state index contributed by atoms with van der Waals surface area (Å²) >= 11 is 0. The number of carbonyl (C=O) groups excluding carboxylic acids is 2. The van der Waals surface area contributed by atoms with Gasteiger partial charge in [0.05, 0.1) is 18.5 Å². The van der Waals surface area contributed by atoms with Crippen LogP contribution in [0.1, 0.15) is 12.8 Å². The summed E-state index contributed by atoms with van der Waals surface area (Å²) in [6, 6.07) is 11.1. The number of hydrogen-bond acceptors (Lipinski definition) is 6. The van der Waals surface area contributed by atoms with E-state index in [1.807, 2.05) is 15.9 Å². The summed E-state index contributed by atoms with van der Waals surface area (Å²) in [5.41, 5.74) is 1.28. The van der Waals surface area contributed by atoms with Crippen molar-refractivity contribution < 1.29 is 24.2 Å². The molecule has 0 unspecified atom stereocenters. The molecule has 0 radical (unpaired) electrons. The molecular formula is C24H27FN4O4. The van der Waals surface area contributed by atoms with Crippen LogP contribution in [0.25, 0.3) is 0 Å². The van der Waals surface area contributed by atoms with Gasteiger partial charge in [-0.1, -0.05) is 6.07 Å². The third-order valence-electron chi connectivity index (χ3n) is 6.95. The number of phenolic OH excluding ortho intramolecular Hbond substituents is 2. The van der Waals surface area contributed by atoms with Gasteiger partial charge in [0.15, 0.2) is 11.5 Å². The molecule has 9 heteroatoms. The molecule has 0 spiro atoms. The van der Waals surface area contributed by atoms with E-state index < -0.39 is 0 Å². The number of anilines is 2. The van der Waals surface area contributed by atoms with E-state index >= 15 is 0 Å². The summed E-state index contributed by atoms with van der Waals surface area (Å²) in [5, 5.41) is 21.8. The van der Waals surface area contributed by atoms with Gasteiger partial charge < -0.3 is 25.3 Å². The van der Waals surface area contributed by atoms with Crippen molar-refractivity contribution >= 4 is 23.2 Å². The lowest BCUT2D eigenvalue weighted by Crippen LogP contribution is -2.51. The molecule has 8 nitrogen and oxygen atoms in total. The zero-order chi connectivity index (χ0) is 23.1. The fraction of sp³-hybridized carbons (Fsp3) is 0.417. The molecular weight excluding hydrogens is 427 g/mol. The Labute approximate surface area is 191 Å². The van der Waals surface area contributed by atoms with Crippen LogP contribution in [-0.4, -0.2) is 76.6 Å². The fourth-order valence-corrected chi connectivity index (χ4v) is 5.26. The van der Waals surface area contributed by atoms with E-state index in [1.165, 1.54) is 24.3 Å². The number of carbonyl (C=O) groups is 2. The minimum Gasteiger partial charge on any atom is -0.504 e. The Kier molecular flexibility index (Phi) is 5.57. The van der Waals surface area contributed by atoms with Crippen LogP contribution >= 0.6 is 0 Å². The van der Waals surface area contributed by atoms with Gasteiger partial charge in [-0.05, 0) is 49.7 Å². The Morgan fingerprint density at radius 3 is 2.61 bits per heavy atom. The third-order valence-corrected chi connectivity index (χ3v) is 6.95. The van der Waals surface area contributed by atoms with Gasteiger partial charge in [0.2, 0.25) is 11.8 Å². The molecule has 33 heavy (non-hydrogen) atoms. The van der Waals surface area contributed by atoms with Crippen LogP contribution in [-0.2, 0) is 9.59 Å². The van der Waals surface area contributed by atoms with Crippen molar-refractivity contribution in [2.24, 2.45) is 5.92 Å². The summed E-state index contributed by atoms with van der Waals surface area (Å²) < 4.78 is 13.6. The summed E-state index contributed by atoms with van der Waals surface area (Å²) in [7, 11) is 0. The van der Waals surface area contributed by atoms with Crippen LogP contribution in [0.2, 0.25) is 0 Å². The van der Waals surface area contributed by atoms with Gasteiger partial charge in [-0.25, -0.2) is 4.39 Å². The van der Waals surface area contributed by atoms with Crippen molar-refractivity contribution in [1.82, 2.24) is 9.80 Å². The van der Waals surface area contributed by atoms with Gasteiger partial charge in [0.25, 0.3) is 0 Å². The van der Waals surface area contributed by atoms with Crippen LogP contribution in [0.5, 0.6) is 11.5 Å². The number of amides is 2. The van der Waals surface area contributed by atoms with Gasteiger partial charge in [-0.15, -0.1) is 0 Å². The smallest absolute Gasteiger partial charge is 0.237 e. The molecule has 3 aliphatic heterocycles. The monoisotopic (exact) mass is 454 g/mol. The standard InChI is InChI=1S/C24H27FN4O4/c25-16-2-1-3-18(8-16)28-12-20-10-19(28)13-29(20)23(32)14-27-7-6-15(11-27)24(33)26-17-4-5-21(30)22(31)9-17/h1-5,8-9,15,19-20,30-31H,6-7,10-14H2,(H,26,33)/t15-,19+,20+/m1/s1. The van der Waals surface area contributed by atoms with Gasteiger partial charge in [0.1, 0.15) is 5.82 Å². The fourth-order valence-electron chi connectivity index (χ4n) is 5.26. The first-order valence-electron chi connectivity index (χ1n) is 11.2. The Bertz CT molecular complexity index is 1080. The minimum atomic E-state index is -0.290. The number of aromatic hydroxyl groups is 2. The number of nitrogens with zero attached hydrogens (tertiary/aromatic N) is 3. The largest absolute Gasteiger partial charge is 0.504 e. The predicted octanol–water partition coefficient (Wildman–Crippen LogP) is 1.99. The second-order valence-electron chi connectivity index (χ2n) is 9.14. The quantitative estimate of drug-likeness (QED) is 0.472. The summed E-state index contributed by atoms with van der Waals surface area (Å²) in [6.07, 6.45) is 1.55. The molecule has 3 atom stereocenters. The third kappa shape index (κ3) is 4.32. The van der Waals surface area contributed by atoms with E-state index in [0.717, 1.165) is 12.1 Å². The zero-order valence-corrected chi connectivity index (χ0v) is 18.2. The molecule has 0 aromatic heterocycles.